The molecule has 0 aromatic heterocycles. The van der Waals surface area contributed by atoms with E-state index < -0.39 is 0 Å². The minimum atomic E-state index is -0.265. The van der Waals surface area contributed by atoms with Crippen molar-refractivity contribution in [1.82, 2.24) is 5.32 Å². The van der Waals surface area contributed by atoms with Crippen LogP contribution in [0.5, 0.6) is 17.2 Å². The second-order valence-electron chi connectivity index (χ2n) is 7.22. The number of fused-ring (bicyclic) bond motifs is 1. The summed E-state index contributed by atoms with van der Waals surface area (Å²) in [5, 5.41) is 6.06. The molecule has 2 N–H and O–H groups in total. The fraction of sp³-hybridized carbons (Fsp3) is 0.391. The average molecular weight is 425 g/mol. The van der Waals surface area contributed by atoms with Crippen LogP contribution in [0, 0.1) is 0 Å². The van der Waals surface area contributed by atoms with E-state index in [-0.39, 0.29) is 12.0 Å². The van der Waals surface area contributed by atoms with E-state index in [1.807, 2.05) is 25.1 Å². The van der Waals surface area contributed by atoms with Gasteiger partial charge in [0.15, 0.2) is 11.5 Å². The SMILES string of the molecule is CCOc1ccc(C(=O)NC(=NC[C@@H]2CCCO2)Nc2ccc3c(c2)OCCO3)cc1. The van der Waals surface area contributed by atoms with Crippen LogP contribution in [-0.4, -0.2) is 50.9 Å². The molecule has 1 saturated heterocycles. The Labute approximate surface area is 181 Å². The smallest absolute Gasteiger partial charge is 0.257 e. The number of anilines is 1. The van der Waals surface area contributed by atoms with E-state index in [4.69, 9.17) is 18.9 Å². The summed E-state index contributed by atoms with van der Waals surface area (Å²) in [5.74, 6) is 2.17. The van der Waals surface area contributed by atoms with Crippen LogP contribution >= 0.6 is 0 Å². The zero-order valence-electron chi connectivity index (χ0n) is 17.6. The zero-order valence-corrected chi connectivity index (χ0v) is 17.6. The molecular formula is C23H27N3O5. The summed E-state index contributed by atoms with van der Waals surface area (Å²) in [6.45, 7) is 4.75. The van der Waals surface area contributed by atoms with Crippen LogP contribution in [0.2, 0.25) is 0 Å². The number of aliphatic imine (C=N–C) groups is 1. The minimum Gasteiger partial charge on any atom is -0.494 e. The third-order valence-corrected chi connectivity index (χ3v) is 4.94. The lowest BCUT2D eigenvalue weighted by atomic mass is 10.2. The van der Waals surface area contributed by atoms with Crippen LogP contribution in [0.4, 0.5) is 5.69 Å². The summed E-state index contributed by atoms with van der Waals surface area (Å²) >= 11 is 0. The second-order valence-corrected chi connectivity index (χ2v) is 7.22. The summed E-state index contributed by atoms with van der Waals surface area (Å²) in [6.07, 6.45) is 2.07. The maximum Gasteiger partial charge on any atom is 0.257 e. The van der Waals surface area contributed by atoms with Gasteiger partial charge in [0.1, 0.15) is 19.0 Å². The van der Waals surface area contributed by atoms with Crippen molar-refractivity contribution < 1.29 is 23.7 Å². The summed E-state index contributed by atoms with van der Waals surface area (Å²) in [7, 11) is 0. The quantitative estimate of drug-likeness (QED) is 0.546. The van der Waals surface area contributed by atoms with Gasteiger partial charge in [0, 0.05) is 23.9 Å². The van der Waals surface area contributed by atoms with Gasteiger partial charge in [-0.2, -0.15) is 0 Å². The molecule has 0 bridgehead atoms. The maximum atomic E-state index is 12.8. The van der Waals surface area contributed by atoms with Crippen molar-refractivity contribution in [2.75, 3.05) is 38.3 Å². The van der Waals surface area contributed by atoms with Crippen molar-refractivity contribution in [2.45, 2.75) is 25.9 Å². The Morgan fingerprint density at radius 1 is 1.10 bits per heavy atom. The van der Waals surface area contributed by atoms with Crippen molar-refractivity contribution in [1.29, 1.82) is 0 Å². The largest absolute Gasteiger partial charge is 0.494 e. The van der Waals surface area contributed by atoms with Crippen LogP contribution in [0.15, 0.2) is 47.5 Å². The number of carbonyl (C=O) groups excluding carboxylic acids is 1. The molecule has 164 valence electrons. The van der Waals surface area contributed by atoms with Crippen molar-refractivity contribution in [3.63, 3.8) is 0 Å². The topological polar surface area (TPSA) is 90.4 Å². The highest BCUT2D eigenvalue weighted by Crippen LogP contribution is 2.32. The lowest BCUT2D eigenvalue weighted by Gasteiger charge is -2.19. The molecule has 2 heterocycles. The number of hydrogen-bond acceptors (Lipinski definition) is 6. The highest BCUT2D eigenvalue weighted by Gasteiger charge is 2.17. The number of ether oxygens (including phenoxy) is 4. The van der Waals surface area contributed by atoms with E-state index in [0.29, 0.717) is 49.4 Å². The molecule has 8 nitrogen and oxygen atoms in total. The van der Waals surface area contributed by atoms with Gasteiger partial charge in [-0.15, -0.1) is 0 Å². The number of nitrogens with zero attached hydrogens (tertiary/aromatic N) is 1. The monoisotopic (exact) mass is 425 g/mol. The molecule has 2 aromatic carbocycles. The van der Waals surface area contributed by atoms with Crippen LogP contribution in [0.25, 0.3) is 0 Å². The number of nitrogens with one attached hydrogen (secondary N) is 2. The van der Waals surface area contributed by atoms with E-state index in [2.05, 4.69) is 15.6 Å². The summed E-state index contributed by atoms with van der Waals surface area (Å²) in [6, 6.07) is 12.5. The fourth-order valence-corrected chi connectivity index (χ4v) is 3.40. The normalized spacial score (nSPS) is 17.8. The molecule has 4 rings (SSSR count). The molecule has 2 aliphatic heterocycles. The van der Waals surface area contributed by atoms with E-state index in [9.17, 15) is 4.79 Å². The number of hydrogen-bond donors (Lipinski definition) is 2. The van der Waals surface area contributed by atoms with Crippen LogP contribution in [0.3, 0.4) is 0 Å². The molecule has 8 heteroatoms. The van der Waals surface area contributed by atoms with E-state index in [1.54, 1.807) is 24.3 Å². The predicted molar refractivity (Wildman–Crippen MR) is 117 cm³/mol. The Balaban J connectivity index is 1.48. The predicted octanol–water partition coefficient (Wildman–Crippen LogP) is 3.23. The third kappa shape index (κ3) is 5.67. The molecule has 0 spiro atoms. The highest BCUT2D eigenvalue weighted by atomic mass is 16.6. The molecule has 1 atom stereocenters. The highest BCUT2D eigenvalue weighted by molar-refractivity contribution is 6.10. The van der Waals surface area contributed by atoms with Gasteiger partial charge in [0.2, 0.25) is 5.96 Å². The standard InChI is InChI=1S/C23H27N3O5/c1-2-28-18-8-5-16(6-9-18)22(27)26-23(24-15-19-4-3-11-29-19)25-17-7-10-20-21(14-17)31-13-12-30-20/h5-10,14,19H,2-4,11-13,15H2,1H3,(H2,24,25,26,27)/t19-/m0/s1. The molecule has 31 heavy (non-hydrogen) atoms. The van der Waals surface area contributed by atoms with Gasteiger partial charge in [0.05, 0.1) is 19.3 Å². The van der Waals surface area contributed by atoms with Gasteiger partial charge < -0.3 is 24.3 Å². The number of guanidine groups is 1. The van der Waals surface area contributed by atoms with Crippen LogP contribution in [0.1, 0.15) is 30.1 Å². The van der Waals surface area contributed by atoms with E-state index in [0.717, 1.165) is 30.9 Å². The lowest BCUT2D eigenvalue weighted by molar-refractivity contribution is 0.0975. The van der Waals surface area contributed by atoms with Gasteiger partial charge in [-0.25, -0.2) is 4.99 Å². The Morgan fingerprint density at radius 3 is 2.65 bits per heavy atom. The number of carbonyl (C=O) groups is 1. The summed E-state index contributed by atoms with van der Waals surface area (Å²) in [4.78, 5) is 17.4. The van der Waals surface area contributed by atoms with Gasteiger partial charge in [-0.05, 0) is 56.2 Å². The Kier molecular flexibility index (Phi) is 6.89. The van der Waals surface area contributed by atoms with E-state index in [1.165, 1.54) is 0 Å². The zero-order chi connectivity index (χ0) is 21.5. The Bertz CT molecular complexity index is 923. The van der Waals surface area contributed by atoms with Crippen molar-refractivity contribution >= 4 is 17.6 Å². The van der Waals surface area contributed by atoms with Crippen molar-refractivity contribution in [3.05, 3.63) is 48.0 Å². The molecule has 0 saturated carbocycles. The first kappa shape index (κ1) is 21.0. The number of rotatable bonds is 6. The molecular weight excluding hydrogens is 398 g/mol. The van der Waals surface area contributed by atoms with Crippen molar-refractivity contribution in [2.24, 2.45) is 4.99 Å². The number of amides is 1. The molecule has 1 amide bonds. The van der Waals surface area contributed by atoms with Gasteiger partial charge in [0.25, 0.3) is 5.91 Å². The summed E-state index contributed by atoms with van der Waals surface area (Å²) in [5.41, 5.74) is 1.25. The van der Waals surface area contributed by atoms with Crippen LogP contribution < -0.4 is 24.8 Å². The first-order chi connectivity index (χ1) is 15.2. The molecule has 1 fully saturated rings. The van der Waals surface area contributed by atoms with Crippen molar-refractivity contribution in [3.8, 4) is 17.2 Å². The minimum absolute atomic E-state index is 0.0689. The molecule has 0 aliphatic carbocycles. The molecule has 2 aliphatic rings. The molecule has 0 radical (unpaired) electrons. The van der Waals surface area contributed by atoms with Crippen LogP contribution in [-0.2, 0) is 4.74 Å². The molecule has 0 unspecified atom stereocenters. The lowest BCUT2D eigenvalue weighted by Crippen LogP contribution is -2.36. The maximum absolute atomic E-state index is 12.8. The fourth-order valence-electron chi connectivity index (χ4n) is 3.40. The molecule has 2 aromatic rings. The van der Waals surface area contributed by atoms with Gasteiger partial charge in [-0.1, -0.05) is 0 Å². The van der Waals surface area contributed by atoms with Gasteiger partial charge in [-0.3, -0.25) is 10.1 Å². The average Bonchev–Trinajstić information content (AvgIpc) is 3.32. The Morgan fingerprint density at radius 2 is 1.90 bits per heavy atom. The summed E-state index contributed by atoms with van der Waals surface area (Å²) < 4.78 is 22.3. The second kappa shape index (κ2) is 10.2. The first-order valence-electron chi connectivity index (χ1n) is 10.6. The van der Waals surface area contributed by atoms with E-state index >= 15 is 0 Å². The Hall–Kier alpha value is -3.26. The third-order valence-electron chi connectivity index (χ3n) is 4.94. The first-order valence-corrected chi connectivity index (χ1v) is 10.6. The number of benzene rings is 2. The van der Waals surface area contributed by atoms with Gasteiger partial charge >= 0.3 is 0 Å².